The third-order valence-corrected chi connectivity index (χ3v) is 7.91. The predicted octanol–water partition coefficient (Wildman–Crippen LogP) is 7.69. The molecule has 0 atom stereocenters. The van der Waals surface area contributed by atoms with E-state index in [2.05, 4.69) is 24.5 Å². The van der Waals surface area contributed by atoms with Crippen molar-refractivity contribution in [1.29, 1.82) is 0 Å². The molecule has 0 bridgehead atoms. The average Bonchev–Trinajstić information content (AvgIpc) is 3.38. The first-order chi connectivity index (χ1) is 21.7. The van der Waals surface area contributed by atoms with E-state index in [1.54, 1.807) is 24.4 Å². The van der Waals surface area contributed by atoms with Crippen molar-refractivity contribution in [3.8, 4) is 17.1 Å². The average molecular weight is 600 g/mol. The second-order valence-corrected chi connectivity index (χ2v) is 11.3. The molecule has 45 heavy (non-hydrogen) atoms. The zero-order valence-corrected chi connectivity index (χ0v) is 25.6. The van der Waals surface area contributed by atoms with Crippen LogP contribution in [0.2, 0.25) is 0 Å². The highest BCUT2D eigenvalue weighted by Gasteiger charge is 2.19. The lowest BCUT2D eigenvalue weighted by molar-refractivity contribution is -0.384. The van der Waals surface area contributed by atoms with Crippen molar-refractivity contribution < 1.29 is 9.66 Å². The molecule has 6 rings (SSSR count). The molecule has 9 nitrogen and oxygen atoms in total. The van der Waals surface area contributed by atoms with E-state index < -0.39 is 4.92 Å². The van der Waals surface area contributed by atoms with Crippen LogP contribution in [0.3, 0.4) is 0 Å². The van der Waals surface area contributed by atoms with Gasteiger partial charge in [-0.25, -0.2) is 4.98 Å². The summed E-state index contributed by atoms with van der Waals surface area (Å²) >= 11 is 0. The van der Waals surface area contributed by atoms with Gasteiger partial charge in [-0.1, -0.05) is 56.3 Å². The van der Waals surface area contributed by atoms with Gasteiger partial charge < -0.3 is 9.30 Å². The van der Waals surface area contributed by atoms with Crippen molar-refractivity contribution in [2.75, 3.05) is 6.61 Å². The Morgan fingerprint density at radius 2 is 1.71 bits per heavy atom. The fourth-order valence-electron chi connectivity index (χ4n) is 5.62. The molecule has 0 saturated heterocycles. The van der Waals surface area contributed by atoms with Gasteiger partial charge in [0.25, 0.3) is 11.2 Å². The van der Waals surface area contributed by atoms with E-state index in [-0.39, 0.29) is 17.2 Å². The van der Waals surface area contributed by atoms with E-state index >= 15 is 0 Å². The molecule has 0 unspecified atom stereocenters. The van der Waals surface area contributed by atoms with Crippen molar-refractivity contribution in [2.45, 2.75) is 40.2 Å². The van der Waals surface area contributed by atoms with Gasteiger partial charge >= 0.3 is 0 Å². The highest BCUT2D eigenvalue weighted by atomic mass is 16.6. The van der Waals surface area contributed by atoms with Gasteiger partial charge in [0.05, 0.1) is 28.6 Å². The van der Waals surface area contributed by atoms with Crippen LogP contribution in [0.4, 0.5) is 5.69 Å². The van der Waals surface area contributed by atoms with Gasteiger partial charge in [-0.2, -0.15) is 9.78 Å². The lowest BCUT2D eigenvalue weighted by Crippen LogP contribution is -2.20. The number of nitro benzene ring substituents is 1. The van der Waals surface area contributed by atoms with E-state index in [0.717, 1.165) is 44.5 Å². The fraction of sp³-hybridized carbons (Fsp3) is 0.194. The van der Waals surface area contributed by atoms with Gasteiger partial charge in [0.15, 0.2) is 5.82 Å². The topological polar surface area (TPSA) is 105 Å². The minimum Gasteiger partial charge on any atom is -0.494 e. The van der Waals surface area contributed by atoms with Crippen LogP contribution in [0.5, 0.6) is 5.75 Å². The van der Waals surface area contributed by atoms with Crippen LogP contribution in [0.15, 0.2) is 101 Å². The molecule has 0 aliphatic heterocycles. The zero-order chi connectivity index (χ0) is 31.7. The Hall–Kier alpha value is -5.57. The number of fused-ring (bicyclic) bond motifs is 2. The summed E-state index contributed by atoms with van der Waals surface area (Å²) in [4.78, 5) is 29.6. The molecule has 0 spiro atoms. The van der Waals surface area contributed by atoms with Crippen LogP contribution in [0, 0.1) is 17.0 Å². The number of aryl methyl sites for hydroxylation is 1. The summed E-state index contributed by atoms with van der Waals surface area (Å²) in [6.45, 7) is 9.25. The summed E-state index contributed by atoms with van der Waals surface area (Å²) in [5.74, 6) is 1.47. The molecule has 0 N–H and O–H groups in total. The molecule has 0 aliphatic carbocycles. The Bertz CT molecular complexity index is 2140. The Morgan fingerprint density at radius 3 is 2.42 bits per heavy atom. The third-order valence-electron chi connectivity index (χ3n) is 7.91. The SMILES string of the molecule is CCOc1cc(C)c(-c2nc3ccccc3c(=O)n2N=Cc2cn(Cc3ccc([N+](=O)[O-])cc3)c3ccccc23)cc1C(C)C. The van der Waals surface area contributed by atoms with Crippen LogP contribution < -0.4 is 10.3 Å². The molecular weight excluding hydrogens is 566 g/mol. The predicted molar refractivity (Wildman–Crippen MR) is 179 cm³/mol. The lowest BCUT2D eigenvalue weighted by atomic mass is 9.96. The first-order valence-electron chi connectivity index (χ1n) is 14.9. The standard InChI is InChI=1S/C36H33N5O4/c1-5-45-34-18-24(4)31(19-30(34)23(2)3)35-38-32-12-8-6-11-29(32)36(42)40(35)37-20-26-22-39(33-13-9-7-10-28(26)33)21-25-14-16-27(17-15-25)41(43)44/h6-20,22-23H,5,21H2,1-4H3. The molecule has 0 radical (unpaired) electrons. The van der Waals surface area contributed by atoms with Gasteiger partial charge in [-0.15, -0.1) is 0 Å². The quantitative estimate of drug-likeness (QED) is 0.0963. The number of aromatic nitrogens is 3. The van der Waals surface area contributed by atoms with Crippen LogP contribution in [0.1, 0.15) is 48.9 Å². The molecule has 4 aromatic carbocycles. The van der Waals surface area contributed by atoms with E-state index in [9.17, 15) is 14.9 Å². The van der Waals surface area contributed by atoms with Gasteiger partial charge in [-0.05, 0) is 66.8 Å². The van der Waals surface area contributed by atoms with Crippen LogP contribution in [0.25, 0.3) is 33.2 Å². The first-order valence-corrected chi connectivity index (χ1v) is 14.9. The molecule has 9 heteroatoms. The van der Waals surface area contributed by atoms with Gasteiger partial charge in [0.2, 0.25) is 0 Å². The summed E-state index contributed by atoms with van der Waals surface area (Å²) in [5.41, 5.74) is 5.88. The molecule has 0 amide bonds. The Kier molecular flexibility index (Phi) is 8.00. The van der Waals surface area contributed by atoms with Crippen molar-refractivity contribution in [3.05, 3.63) is 134 Å². The molecule has 0 fully saturated rings. The minimum absolute atomic E-state index is 0.0532. The third kappa shape index (κ3) is 5.72. The summed E-state index contributed by atoms with van der Waals surface area (Å²) in [6.07, 6.45) is 3.68. The monoisotopic (exact) mass is 599 g/mol. The summed E-state index contributed by atoms with van der Waals surface area (Å²) < 4.78 is 9.41. The molecule has 6 aromatic rings. The first kappa shape index (κ1) is 29.5. The summed E-state index contributed by atoms with van der Waals surface area (Å²) in [5, 5.41) is 17.3. The smallest absolute Gasteiger partial charge is 0.282 e. The maximum Gasteiger partial charge on any atom is 0.282 e. The molecule has 0 saturated carbocycles. The molecule has 226 valence electrons. The normalized spacial score (nSPS) is 11.7. The number of nitro groups is 1. The van der Waals surface area contributed by atoms with E-state index in [1.807, 2.05) is 68.6 Å². The van der Waals surface area contributed by atoms with E-state index in [4.69, 9.17) is 14.8 Å². The Balaban J connectivity index is 1.48. The fourth-order valence-corrected chi connectivity index (χ4v) is 5.62. The van der Waals surface area contributed by atoms with Crippen molar-refractivity contribution in [2.24, 2.45) is 5.10 Å². The minimum atomic E-state index is -0.403. The lowest BCUT2D eigenvalue weighted by Gasteiger charge is -2.18. The van der Waals surface area contributed by atoms with Gasteiger partial charge in [0.1, 0.15) is 5.75 Å². The van der Waals surface area contributed by atoms with Crippen LogP contribution in [-0.2, 0) is 6.54 Å². The largest absolute Gasteiger partial charge is 0.494 e. The van der Waals surface area contributed by atoms with E-state index in [0.29, 0.717) is 29.9 Å². The Labute approximate surface area is 260 Å². The van der Waals surface area contributed by atoms with Crippen LogP contribution in [-0.4, -0.2) is 32.0 Å². The number of para-hydroxylation sites is 2. The van der Waals surface area contributed by atoms with E-state index in [1.165, 1.54) is 16.8 Å². The number of hydrogen-bond acceptors (Lipinski definition) is 6. The molecular formula is C36H33N5O4. The van der Waals surface area contributed by atoms with Crippen molar-refractivity contribution >= 4 is 33.7 Å². The maximum atomic E-state index is 14.0. The zero-order valence-electron chi connectivity index (χ0n) is 25.6. The number of ether oxygens (including phenoxy) is 1. The highest BCUT2D eigenvalue weighted by molar-refractivity contribution is 5.99. The number of hydrogen-bond donors (Lipinski definition) is 0. The number of benzene rings is 4. The maximum absolute atomic E-state index is 14.0. The molecule has 0 aliphatic rings. The second kappa shape index (κ2) is 12.2. The van der Waals surface area contributed by atoms with Gasteiger partial charge in [0, 0.05) is 46.9 Å². The second-order valence-electron chi connectivity index (χ2n) is 11.3. The Morgan fingerprint density at radius 1 is 1.00 bits per heavy atom. The summed E-state index contributed by atoms with van der Waals surface area (Å²) in [6, 6.07) is 25.9. The van der Waals surface area contributed by atoms with Crippen molar-refractivity contribution in [3.63, 3.8) is 0 Å². The molecule has 2 heterocycles. The van der Waals surface area contributed by atoms with Crippen LogP contribution >= 0.6 is 0 Å². The summed E-state index contributed by atoms with van der Waals surface area (Å²) in [7, 11) is 0. The van der Waals surface area contributed by atoms with Gasteiger partial charge in [-0.3, -0.25) is 14.9 Å². The van der Waals surface area contributed by atoms with Crippen molar-refractivity contribution in [1.82, 2.24) is 14.2 Å². The number of non-ortho nitro benzene ring substituents is 1. The molecule has 2 aromatic heterocycles. The highest BCUT2D eigenvalue weighted by Crippen LogP contribution is 2.34. The number of nitrogens with zero attached hydrogens (tertiary/aromatic N) is 5. The number of rotatable bonds is 9.